The maximum atomic E-state index is 12.2. The Hall–Kier alpha value is -1.89. The molecule has 8 heteroatoms. The first-order chi connectivity index (χ1) is 12.5. The summed E-state index contributed by atoms with van der Waals surface area (Å²) in [6.45, 7) is 5.71. The number of carbonyl (C=O) groups excluding carboxylic acids is 2. The summed E-state index contributed by atoms with van der Waals surface area (Å²) < 4.78 is 0. The molecule has 26 heavy (non-hydrogen) atoms. The molecule has 1 unspecified atom stereocenters. The summed E-state index contributed by atoms with van der Waals surface area (Å²) in [4.78, 5) is 34.5. The molecule has 1 saturated heterocycles. The zero-order chi connectivity index (χ0) is 18.7. The van der Waals surface area contributed by atoms with E-state index >= 15 is 0 Å². The van der Waals surface area contributed by atoms with Gasteiger partial charge in [0, 0.05) is 44.1 Å². The van der Waals surface area contributed by atoms with E-state index in [0.717, 1.165) is 30.9 Å². The fraction of sp³-hybridized carbons (Fsp3) is 0.667. The second kappa shape index (κ2) is 8.20. The number of aromatic nitrogens is 2. The Morgan fingerprint density at radius 2 is 2.19 bits per heavy atom. The van der Waals surface area contributed by atoms with Crippen molar-refractivity contribution >= 4 is 29.2 Å². The number of anilines is 1. The Bertz CT molecular complexity index is 680. The number of hydrogen-bond acceptors (Lipinski definition) is 5. The molecule has 1 aromatic rings. The monoisotopic (exact) mass is 379 g/mol. The van der Waals surface area contributed by atoms with Gasteiger partial charge < -0.3 is 15.5 Å². The van der Waals surface area contributed by atoms with Crippen LogP contribution in [0.25, 0.3) is 0 Å². The number of likely N-dealkylation sites (tertiary alicyclic amines) is 1. The molecular weight excluding hydrogens is 354 g/mol. The van der Waals surface area contributed by atoms with Crippen molar-refractivity contribution in [1.82, 2.24) is 20.2 Å². The summed E-state index contributed by atoms with van der Waals surface area (Å²) in [5.74, 6) is 1.78. The molecular formula is C18H26ClN5O2. The minimum Gasteiger partial charge on any atom is -0.367 e. The lowest BCUT2D eigenvalue weighted by Gasteiger charge is -2.17. The molecule has 2 fully saturated rings. The number of nitrogens with zero attached hydrogens (tertiary/aromatic N) is 3. The van der Waals surface area contributed by atoms with Gasteiger partial charge in [-0.2, -0.15) is 0 Å². The van der Waals surface area contributed by atoms with Crippen LogP contribution in [0.4, 0.5) is 5.82 Å². The summed E-state index contributed by atoms with van der Waals surface area (Å²) in [7, 11) is 0. The molecule has 7 nitrogen and oxygen atoms in total. The van der Waals surface area contributed by atoms with E-state index in [1.54, 1.807) is 11.0 Å². The maximum absolute atomic E-state index is 12.2. The van der Waals surface area contributed by atoms with Crippen LogP contribution in [-0.2, 0) is 9.59 Å². The number of nitrogens with one attached hydrogen (secondary N) is 2. The first kappa shape index (κ1) is 18.9. The van der Waals surface area contributed by atoms with E-state index in [1.807, 2.05) is 13.8 Å². The lowest BCUT2D eigenvalue weighted by atomic mass is 10.1. The molecule has 0 radical (unpaired) electrons. The fourth-order valence-corrected chi connectivity index (χ4v) is 3.36. The Morgan fingerprint density at radius 1 is 1.42 bits per heavy atom. The SMILES string of the molecule is CCN1CC(C(=O)NCC[C@H](C)Nc2cc(Cl)nc(C3CC3)n2)CC1=O. The summed E-state index contributed by atoms with van der Waals surface area (Å²) in [5, 5.41) is 6.72. The van der Waals surface area contributed by atoms with Gasteiger partial charge in [0.05, 0.1) is 5.92 Å². The van der Waals surface area contributed by atoms with Crippen LogP contribution in [0.1, 0.15) is 51.3 Å². The average Bonchev–Trinajstić information content (AvgIpc) is 3.36. The van der Waals surface area contributed by atoms with Crippen LogP contribution >= 0.6 is 11.6 Å². The Kier molecular flexibility index (Phi) is 5.96. The van der Waals surface area contributed by atoms with Gasteiger partial charge in [0.25, 0.3) is 0 Å². The molecule has 2 aliphatic rings. The van der Waals surface area contributed by atoms with Gasteiger partial charge >= 0.3 is 0 Å². The fourth-order valence-electron chi connectivity index (χ4n) is 3.17. The minimum absolute atomic E-state index is 0.0393. The number of hydrogen-bond donors (Lipinski definition) is 2. The molecule has 1 aliphatic heterocycles. The molecule has 1 aromatic heterocycles. The van der Waals surface area contributed by atoms with E-state index in [4.69, 9.17) is 11.6 Å². The summed E-state index contributed by atoms with van der Waals surface area (Å²) >= 11 is 6.08. The predicted molar refractivity (Wildman–Crippen MR) is 100 cm³/mol. The van der Waals surface area contributed by atoms with Crippen LogP contribution in [-0.4, -0.2) is 52.4 Å². The minimum atomic E-state index is -0.229. The molecule has 0 aromatic carbocycles. The van der Waals surface area contributed by atoms with Crippen LogP contribution in [0.15, 0.2) is 6.07 Å². The Labute approximate surface area is 158 Å². The van der Waals surface area contributed by atoms with Crippen molar-refractivity contribution in [3.05, 3.63) is 17.0 Å². The summed E-state index contributed by atoms with van der Waals surface area (Å²) in [6.07, 6.45) is 3.32. The highest BCUT2D eigenvalue weighted by atomic mass is 35.5. The first-order valence-corrected chi connectivity index (χ1v) is 9.70. The van der Waals surface area contributed by atoms with Crippen molar-refractivity contribution in [1.29, 1.82) is 0 Å². The van der Waals surface area contributed by atoms with Gasteiger partial charge in [-0.05, 0) is 33.1 Å². The van der Waals surface area contributed by atoms with Crippen molar-refractivity contribution < 1.29 is 9.59 Å². The van der Waals surface area contributed by atoms with Gasteiger partial charge in [0.1, 0.15) is 16.8 Å². The molecule has 2 amide bonds. The first-order valence-electron chi connectivity index (χ1n) is 9.32. The van der Waals surface area contributed by atoms with Gasteiger partial charge in [-0.25, -0.2) is 9.97 Å². The van der Waals surface area contributed by atoms with E-state index < -0.39 is 0 Å². The molecule has 1 saturated carbocycles. The van der Waals surface area contributed by atoms with Gasteiger partial charge in [0.15, 0.2) is 0 Å². The largest absolute Gasteiger partial charge is 0.367 e. The van der Waals surface area contributed by atoms with Crippen molar-refractivity contribution in [2.24, 2.45) is 5.92 Å². The van der Waals surface area contributed by atoms with E-state index in [2.05, 4.69) is 20.6 Å². The van der Waals surface area contributed by atoms with Crippen LogP contribution in [0.2, 0.25) is 5.15 Å². The normalized spacial score (nSPS) is 21.0. The second-order valence-corrected chi connectivity index (χ2v) is 7.55. The third-order valence-corrected chi connectivity index (χ3v) is 5.09. The third kappa shape index (κ3) is 4.84. The van der Waals surface area contributed by atoms with E-state index in [0.29, 0.717) is 37.1 Å². The van der Waals surface area contributed by atoms with Gasteiger partial charge in [-0.3, -0.25) is 9.59 Å². The molecule has 2 atom stereocenters. The van der Waals surface area contributed by atoms with Gasteiger partial charge in [-0.1, -0.05) is 11.6 Å². The lowest BCUT2D eigenvalue weighted by molar-refractivity contribution is -0.128. The highest BCUT2D eigenvalue weighted by molar-refractivity contribution is 6.29. The number of halogens is 1. The summed E-state index contributed by atoms with van der Waals surface area (Å²) in [6, 6.07) is 1.86. The zero-order valence-electron chi connectivity index (χ0n) is 15.3. The number of carbonyl (C=O) groups is 2. The molecule has 142 valence electrons. The van der Waals surface area contributed by atoms with Crippen molar-refractivity contribution in [2.75, 3.05) is 25.0 Å². The molecule has 1 aliphatic carbocycles. The Morgan fingerprint density at radius 3 is 2.85 bits per heavy atom. The van der Waals surface area contributed by atoms with E-state index in [-0.39, 0.29) is 23.8 Å². The maximum Gasteiger partial charge on any atom is 0.225 e. The molecule has 0 spiro atoms. The molecule has 0 bridgehead atoms. The molecule has 3 rings (SSSR count). The zero-order valence-corrected chi connectivity index (χ0v) is 16.1. The van der Waals surface area contributed by atoms with Crippen LogP contribution < -0.4 is 10.6 Å². The average molecular weight is 380 g/mol. The van der Waals surface area contributed by atoms with Crippen molar-refractivity contribution in [3.8, 4) is 0 Å². The topological polar surface area (TPSA) is 87.2 Å². The Balaban J connectivity index is 1.42. The number of rotatable bonds is 8. The van der Waals surface area contributed by atoms with Crippen LogP contribution in [0.3, 0.4) is 0 Å². The van der Waals surface area contributed by atoms with Crippen LogP contribution in [0, 0.1) is 5.92 Å². The molecule has 2 N–H and O–H groups in total. The lowest BCUT2D eigenvalue weighted by Crippen LogP contribution is -2.35. The highest BCUT2D eigenvalue weighted by Gasteiger charge is 2.33. The third-order valence-electron chi connectivity index (χ3n) is 4.89. The quantitative estimate of drug-likeness (QED) is 0.676. The smallest absolute Gasteiger partial charge is 0.225 e. The van der Waals surface area contributed by atoms with Crippen molar-refractivity contribution in [3.63, 3.8) is 0 Å². The van der Waals surface area contributed by atoms with E-state index in [9.17, 15) is 9.59 Å². The van der Waals surface area contributed by atoms with Crippen molar-refractivity contribution in [2.45, 2.75) is 51.5 Å². The standard InChI is InChI=1S/C18H26ClN5O2/c1-3-24-10-13(8-16(24)25)18(26)20-7-6-11(2)21-15-9-14(19)22-17(23-15)12-4-5-12/h9,11-13H,3-8,10H2,1-2H3,(H,20,26)(H,21,22,23)/t11-,13?/m0/s1. The second-order valence-electron chi connectivity index (χ2n) is 7.17. The van der Waals surface area contributed by atoms with E-state index in [1.165, 1.54) is 0 Å². The highest BCUT2D eigenvalue weighted by Crippen LogP contribution is 2.38. The summed E-state index contributed by atoms with van der Waals surface area (Å²) in [5.41, 5.74) is 0. The number of amides is 2. The van der Waals surface area contributed by atoms with Crippen LogP contribution in [0.5, 0.6) is 0 Å². The predicted octanol–water partition coefficient (Wildman–Crippen LogP) is 2.18. The molecule has 2 heterocycles. The van der Waals surface area contributed by atoms with Gasteiger partial charge in [0.2, 0.25) is 11.8 Å². The van der Waals surface area contributed by atoms with Gasteiger partial charge in [-0.15, -0.1) is 0 Å².